The molecule has 65 heavy (non-hydrogen) atoms. The van der Waals surface area contributed by atoms with Crippen LogP contribution in [0.1, 0.15) is 111 Å². The fraction of sp³-hybridized carbons (Fsp3) is 0.750. The first-order valence-corrected chi connectivity index (χ1v) is 21.9. The number of nitrogens with zero attached hydrogens (tertiary/aromatic N) is 6. The second-order valence-corrected chi connectivity index (χ2v) is 15.7. The Bertz CT molecular complexity index is 1650. The van der Waals surface area contributed by atoms with Crippen molar-refractivity contribution in [1.29, 1.82) is 0 Å². The molecule has 1 unspecified atom stereocenters. The first-order chi connectivity index (χ1) is 29.6. The lowest BCUT2D eigenvalue weighted by Gasteiger charge is -2.29. The molecule has 0 fully saturated rings. The van der Waals surface area contributed by atoms with Gasteiger partial charge in [-0.15, -0.1) is 0 Å². The second kappa shape index (κ2) is 33.1. The van der Waals surface area contributed by atoms with Gasteiger partial charge in [0.2, 0.25) is 19.0 Å². The van der Waals surface area contributed by atoms with Crippen molar-refractivity contribution in [2.24, 2.45) is 21.1 Å². The van der Waals surface area contributed by atoms with E-state index in [1.165, 1.54) is 103 Å². The summed E-state index contributed by atoms with van der Waals surface area (Å²) in [5, 5.41) is -6.55. The summed E-state index contributed by atoms with van der Waals surface area (Å²) in [4.78, 5) is 0. The summed E-state index contributed by atoms with van der Waals surface area (Å²) in [6.07, 6.45) is 20.6. The van der Waals surface area contributed by atoms with E-state index in [4.69, 9.17) is 0 Å². The number of alkyl halides is 8. The minimum Gasteiger partial charge on any atom is -0.743 e. The normalized spacial score (nSPS) is 12.5. The van der Waals surface area contributed by atoms with Crippen LogP contribution in [0.3, 0.4) is 0 Å². The van der Waals surface area contributed by atoms with E-state index < -0.39 is 48.5 Å². The van der Waals surface area contributed by atoms with Crippen LogP contribution < -0.4 is 13.7 Å². The van der Waals surface area contributed by atoms with Crippen molar-refractivity contribution < 1.29 is 101 Å². The van der Waals surface area contributed by atoms with E-state index in [9.17, 15) is 82.6 Å². The molecule has 3 aromatic heterocycles. The van der Waals surface area contributed by atoms with Gasteiger partial charge in [-0.05, 0) is 32.1 Å². The molecule has 0 saturated heterocycles. The number of rotatable bonds is 21. The first kappa shape index (κ1) is 65.8. The molecular weight excluding hydrogens is 938 g/mol. The van der Waals surface area contributed by atoms with E-state index in [-0.39, 0.29) is 0 Å². The zero-order valence-corrected chi connectivity index (χ0v) is 38.0. The smallest absolute Gasteiger partial charge is 0.673 e. The third-order valence-corrected chi connectivity index (χ3v) is 8.81. The number of unbranched alkanes of at least 4 members (excludes halogenated alkanes) is 11. The van der Waals surface area contributed by atoms with Crippen LogP contribution in [0.15, 0.2) is 56.2 Å². The van der Waals surface area contributed by atoms with Gasteiger partial charge in [-0.3, -0.25) is 4.74 Å². The van der Waals surface area contributed by atoms with Gasteiger partial charge >= 0.3 is 32.0 Å². The molecule has 0 aliphatic rings. The number of imidazole rings is 3. The molecule has 0 N–H and O–H groups in total. The van der Waals surface area contributed by atoms with Crippen molar-refractivity contribution in [3.05, 3.63) is 56.2 Å². The van der Waals surface area contributed by atoms with Gasteiger partial charge in [0.05, 0.1) is 40.8 Å². The molecular formula is C36H62B2F16N6O4S. The summed E-state index contributed by atoms with van der Waals surface area (Å²) in [6, 6.07) is 0. The van der Waals surface area contributed by atoms with Gasteiger partial charge in [-0.1, -0.05) is 78.6 Å². The van der Waals surface area contributed by atoms with E-state index in [1.54, 1.807) is 0 Å². The van der Waals surface area contributed by atoms with Crippen molar-refractivity contribution >= 4 is 24.6 Å². The number of ether oxygens (including phenoxy) is 1. The number of aryl methyl sites for hydroxylation is 6. The number of halogens is 16. The zero-order valence-electron chi connectivity index (χ0n) is 37.2. The largest absolute Gasteiger partial charge is 0.743 e. The Morgan fingerprint density at radius 1 is 0.538 bits per heavy atom. The van der Waals surface area contributed by atoms with Crippen LogP contribution in [-0.4, -0.2) is 65.1 Å². The van der Waals surface area contributed by atoms with E-state index in [2.05, 4.69) is 118 Å². The van der Waals surface area contributed by atoms with Crippen LogP contribution in [0.4, 0.5) is 69.6 Å². The summed E-state index contributed by atoms with van der Waals surface area (Å²) in [6.45, 7) is 10.2. The zero-order chi connectivity index (χ0) is 51.1. The Balaban J connectivity index is -0.000000742. The van der Waals surface area contributed by atoms with Crippen molar-refractivity contribution in [2.75, 3.05) is 0 Å². The highest BCUT2D eigenvalue weighted by atomic mass is 32.2. The molecule has 0 amide bonds. The van der Waals surface area contributed by atoms with E-state index >= 15 is 0 Å². The molecule has 0 spiro atoms. The van der Waals surface area contributed by atoms with Gasteiger partial charge in [-0.2, -0.15) is 30.7 Å². The highest BCUT2D eigenvalue weighted by Crippen LogP contribution is 2.42. The Hall–Kier alpha value is -3.49. The third-order valence-electron chi connectivity index (χ3n) is 7.94. The van der Waals surface area contributed by atoms with Gasteiger partial charge in [-0.25, -0.2) is 40.2 Å². The summed E-state index contributed by atoms with van der Waals surface area (Å²) >= 11 is 0. The van der Waals surface area contributed by atoms with Crippen LogP contribution in [0.5, 0.6) is 0 Å². The van der Waals surface area contributed by atoms with Crippen LogP contribution in [0, 0.1) is 0 Å². The summed E-state index contributed by atoms with van der Waals surface area (Å²) in [5.41, 5.74) is 0. The summed E-state index contributed by atoms with van der Waals surface area (Å²) in [5.74, 6) is 0. The molecule has 0 aromatic carbocycles. The van der Waals surface area contributed by atoms with Gasteiger partial charge in [0, 0.05) is 0 Å². The Kier molecular flexibility index (Phi) is 33.5. The average Bonchev–Trinajstić information content (AvgIpc) is 3.89. The minimum absolute atomic E-state index is 1.15. The minimum atomic E-state index is -7.04. The number of aromatic nitrogens is 6. The molecule has 10 nitrogen and oxygen atoms in total. The van der Waals surface area contributed by atoms with E-state index in [0.29, 0.717) is 0 Å². The molecule has 0 saturated carbocycles. The average molecular weight is 1000 g/mol. The van der Waals surface area contributed by atoms with E-state index in [0.717, 1.165) is 6.54 Å². The van der Waals surface area contributed by atoms with Crippen LogP contribution in [0.25, 0.3) is 0 Å². The topological polar surface area (TPSA) is 92.9 Å². The molecule has 3 rings (SSSR count). The van der Waals surface area contributed by atoms with Gasteiger partial charge in [0.25, 0.3) is 6.36 Å². The fourth-order valence-electron chi connectivity index (χ4n) is 4.80. The number of hydrogen-bond acceptors (Lipinski definition) is 4. The lowest BCUT2D eigenvalue weighted by molar-refractivity contribution is -0.671. The van der Waals surface area contributed by atoms with Crippen molar-refractivity contribution in [2.45, 2.75) is 154 Å². The Labute approximate surface area is 370 Å². The highest BCUT2D eigenvalue weighted by molar-refractivity contribution is 7.86. The molecule has 29 heteroatoms. The third kappa shape index (κ3) is 39.4. The lowest BCUT2D eigenvalue weighted by Crippen LogP contribution is -2.51. The van der Waals surface area contributed by atoms with Gasteiger partial charge in [0.1, 0.15) is 37.2 Å². The quantitative estimate of drug-likeness (QED) is 0.0349. The summed E-state index contributed by atoms with van der Waals surface area (Å²) < 4.78 is 217. The maximum absolute atomic E-state index is 12.2. The Morgan fingerprint density at radius 3 is 1.03 bits per heavy atom. The molecule has 1 atom stereocenters. The van der Waals surface area contributed by atoms with Crippen LogP contribution in [-0.2, 0) is 55.6 Å². The Morgan fingerprint density at radius 2 is 0.800 bits per heavy atom. The maximum atomic E-state index is 12.2. The first-order valence-electron chi connectivity index (χ1n) is 20.5. The molecule has 384 valence electrons. The molecule has 0 aliphatic heterocycles. The van der Waals surface area contributed by atoms with Crippen LogP contribution >= 0.6 is 0 Å². The molecule has 0 aliphatic carbocycles. The number of hydrogen-bond donors (Lipinski definition) is 0. The standard InChI is InChI=1S/2C12H23N2.C8H15N2.C4H2F8O4S.2BF4/c2*1-3-4-5-6-7-8-9-14-11-10-13(2)12-14;1-3-4-5-10-7-6-9(2)8-10;5-1(2(6,7)8)16-3(9,10)4(11,12)17(13,14)15;2*2-1(3,4)5/h2*10-12H,3-9H2,1-2H3;6-8H,3-5H2,1-2H3;1H,(H,13,14,15);;/q3*+1;;2*-1/p-1. The van der Waals surface area contributed by atoms with Gasteiger partial charge in [0.15, 0.2) is 10.1 Å². The molecule has 0 bridgehead atoms. The lowest BCUT2D eigenvalue weighted by atomic mass is 10.1. The SMILES string of the molecule is CCCCCCCCn1cc[n+](C)c1.CCCCCCCCn1cc[n+](C)c1.CCCCn1cc[n+](C)c1.F[B-](F)(F)F.F[B-](F)(F)F.O=S(=O)([O-])C(F)(F)C(F)(F)OC(F)C(F)(F)F. The van der Waals surface area contributed by atoms with Gasteiger partial charge < -0.3 is 39.1 Å². The van der Waals surface area contributed by atoms with E-state index in [1.807, 2.05) is 11.8 Å². The highest BCUT2D eigenvalue weighted by Gasteiger charge is 2.66. The molecule has 0 radical (unpaired) electrons. The predicted octanol–water partition coefficient (Wildman–Crippen LogP) is 10.7. The monoisotopic (exact) mass is 1000 g/mol. The summed E-state index contributed by atoms with van der Waals surface area (Å²) in [7, 11) is -12.9. The fourth-order valence-corrected chi connectivity index (χ4v) is 5.14. The van der Waals surface area contributed by atoms with Crippen molar-refractivity contribution in [1.82, 2.24) is 13.7 Å². The molecule has 3 aromatic rings. The van der Waals surface area contributed by atoms with Crippen molar-refractivity contribution in [3.8, 4) is 0 Å². The van der Waals surface area contributed by atoms with Crippen molar-refractivity contribution in [3.63, 3.8) is 0 Å². The predicted molar refractivity (Wildman–Crippen MR) is 210 cm³/mol. The second-order valence-electron chi connectivity index (χ2n) is 14.3. The van der Waals surface area contributed by atoms with Crippen LogP contribution in [0.2, 0.25) is 0 Å². The molecule has 3 heterocycles. The maximum Gasteiger partial charge on any atom is 0.673 e.